The molecule has 1 aliphatic rings. The largest absolute Gasteiger partial charge is 0.468 e. The van der Waals surface area contributed by atoms with Gasteiger partial charge >= 0.3 is 5.97 Å². The minimum atomic E-state index is -0.315. The van der Waals surface area contributed by atoms with Gasteiger partial charge in [0.15, 0.2) is 4.77 Å². The average molecular weight is 457 g/mol. The van der Waals surface area contributed by atoms with E-state index in [0.29, 0.717) is 35.5 Å². The third kappa shape index (κ3) is 5.42. The van der Waals surface area contributed by atoms with Crippen molar-refractivity contribution < 1.29 is 9.53 Å². The molecule has 0 unspecified atom stereocenters. The average Bonchev–Trinajstić information content (AvgIpc) is 3.58. The first-order valence-corrected chi connectivity index (χ1v) is 11.1. The lowest BCUT2D eigenvalue weighted by Gasteiger charge is -2.21. The lowest BCUT2D eigenvalue weighted by atomic mass is 10.2. The van der Waals surface area contributed by atoms with Crippen LogP contribution in [0.5, 0.6) is 0 Å². The Balaban J connectivity index is 1.61. The number of benzene rings is 2. The number of hydrogen-bond acceptors (Lipinski definition) is 5. The van der Waals surface area contributed by atoms with Crippen LogP contribution in [0.25, 0.3) is 0 Å². The summed E-state index contributed by atoms with van der Waals surface area (Å²) >= 11 is 12.2. The molecule has 0 amide bonds. The summed E-state index contributed by atoms with van der Waals surface area (Å²) in [5, 5.41) is 5.51. The van der Waals surface area contributed by atoms with Gasteiger partial charge in [-0.2, -0.15) is 5.10 Å². The van der Waals surface area contributed by atoms with E-state index in [1.165, 1.54) is 12.7 Å². The Morgan fingerprint density at radius 3 is 2.58 bits per heavy atom. The highest BCUT2D eigenvalue weighted by Crippen LogP contribution is 2.39. The summed E-state index contributed by atoms with van der Waals surface area (Å²) in [5.74, 6) is 1.15. The molecule has 0 N–H and O–H groups in total. The Hall–Kier alpha value is -2.48. The third-order valence-corrected chi connectivity index (χ3v) is 6.14. The van der Waals surface area contributed by atoms with Crippen LogP contribution >= 0.6 is 23.8 Å². The van der Waals surface area contributed by atoms with Gasteiger partial charge in [-0.05, 0) is 42.3 Å². The Bertz CT molecular complexity index is 1110. The molecule has 1 aliphatic carbocycles. The molecule has 3 aromatic rings. The lowest BCUT2D eigenvalue weighted by molar-refractivity contribution is -0.142. The molecule has 0 atom stereocenters. The number of halogens is 1. The topological polar surface area (TPSA) is 52.3 Å². The highest BCUT2D eigenvalue weighted by atomic mass is 35.5. The molecule has 8 heteroatoms. The van der Waals surface area contributed by atoms with E-state index in [2.05, 4.69) is 16.7 Å². The quantitative estimate of drug-likeness (QED) is 0.347. The Morgan fingerprint density at radius 2 is 1.90 bits per heavy atom. The number of carbonyl (C=O) groups is 1. The molecule has 4 rings (SSSR count). The van der Waals surface area contributed by atoms with Crippen LogP contribution in [0.3, 0.4) is 0 Å². The number of carbonyl (C=O) groups excluding carboxylic acids is 1. The minimum absolute atomic E-state index is 0.119. The Morgan fingerprint density at radius 1 is 1.19 bits per heavy atom. The highest BCUT2D eigenvalue weighted by Gasteiger charge is 2.30. The van der Waals surface area contributed by atoms with E-state index < -0.39 is 0 Å². The maximum absolute atomic E-state index is 12.0. The van der Waals surface area contributed by atoms with Gasteiger partial charge in [-0.15, -0.1) is 0 Å². The zero-order valence-corrected chi connectivity index (χ0v) is 19.0. The highest BCUT2D eigenvalue weighted by molar-refractivity contribution is 7.71. The van der Waals surface area contributed by atoms with E-state index in [-0.39, 0.29) is 12.5 Å². The van der Waals surface area contributed by atoms with Crippen LogP contribution in [-0.2, 0) is 29.3 Å². The van der Waals surface area contributed by atoms with Crippen LogP contribution in [0.1, 0.15) is 35.7 Å². The molecule has 1 heterocycles. The number of aromatic nitrogens is 3. The van der Waals surface area contributed by atoms with Crippen molar-refractivity contribution in [2.24, 2.45) is 0 Å². The van der Waals surface area contributed by atoms with E-state index in [0.717, 1.165) is 24.2 Å². The summed E-state index contributed by atoms with van der Waals surface area (Å²) < 4.78 is 9.48. The van der Waals surface area contributed by atoms with E-state index in [1.807, 2.05) is 52.0 Å². The third-order valence-electron chi connectivity index (χ3n) is 5.34. The van der Waals surface area contributed by atoms with Crippen molar-refractivity contribution in [2.45, 2.75) is 38.5 Å². The first kappa shape index (κ1) is 21.7. The van der Waals surface area contributed by atoms with Gasteiger partial charge in [0.25, 0.3) is 0 Å². The molecule has 1 saturated carbocycles. The van der Waals surface area contributed by atoms with Gasteiger partial charge in [-0.3, -0.25) is 14.3 Å². The molecule has 1 aromatic heterocycles. The molecule has 31 heavy (non-hydrogen) atoms. The van der Waals surface area contributed by atoms with Crippen molar-refractivity contribution in [1.82, 2.24) is 19.2 Å². The van der Waals surface area contributed by atoms with Crippen molar-refractivity contribution in [1.29, 1.82) is 0 Å². The van der Waals surface area contributed by atoms with Crippen LogP contribution in [0.2, 0.25) is 5.02 Å². The fraction of sp³-hybridized carbons (Fsp3) is 0.348. The normalized spacial score (nSPS) is 13.5. The standard InChI is InChI=1S/C23H25ClN4O2S/c1-30-21(29)15-26(14-19-9-5-6-10-20(19)24)16-28-23(31)27(22(25-28)18-11-12-18)13-17-7-3-2-4-8-17/h2-10,18H,11-16H2,1H3. The van der Waals surface area contributed by atoms with Crippen molar-refractivity contribution in [3.8, 4) is 0 Å². The minimum Gasteiger partial charge on any atom is -0.468 e. The molecular formula is C23H25ClN4O2S. The zero-order valence-electron chi connectivity index (χ0n) is 17.4. The number of nitrogens with zero attached hydrogens (tertiary/aromatic N) is 4. The van der Waals surface area contributed by atoms with Gasteiger partial charge < -0.3 is 4.74 Å². The SMILES string of the molecule is COC(=O)CN(Cc1ccccc1Cl)Cn1nc(C2CC2)n(Cc2ccccc2)c1=S. The predicted octanol–water partition coefficient (Wildman–Crippen LogP) is 4.63. The number of esters is 1. The van der Waals surface area contributed by atoms with Gasteiger partial charge in [0.2, 0.25) is 0 Å². The molecule has 0 bridgehead atoms. The van der Waals surface area contributed by atoms with Gasteiger partial charge in [-0.25, -0.2) is 4.68 Å². The summed E-state index contributed by atoms with van der Waals surface area (Å²) in [4.78, 5) is 14.0. The summed E-state index contributed by atoms with van der Waals surface area (Å²) in [6.07, 6.45) is 2.26. The Labute approximate surface area is 192 Å². The van der Waals surface area contributed by atoms with E-state index >= 15 is 0 Å². The van der Waals surface area contributed by atoms with E-state index in [1.54, 1.807) is 0 Å². The first-order valence-electron chi connectivity index (χ1n) is 10.3. The van der Waals surface area contributed by atoms with Crippen LogP contribution in [0.4, 0.5) is 0 Å². The monoisotopic (exact) mass is 456 g/mol. The molecule has 1 fully saturated rings. The fourth-order valence-corrected chi connectivity index (χ4v) is 4.02. The zero-order chi connectivity index (χ0) is 21.8. The molecule has 162 valence electrons. The summed E-state index contributed by atoms with van der Waals surface area (Å²) in [7, 11) is 1.39. The Kier molecular flexibility index (Phi) is 6.85. The summed E-state index contributed by atoms with van der Waals surface area (Å²) in [5.41, 5.74) is 2.12. The van der Waals surface area contributed by atoms with Crippen molar-refractivity contribution in [3.05, 3.63) is 81.3 Å². The number of rotatable bonds is 9. The molecule has 2 aromatic carbocycles. The number of methoxy groups -OCH3 is 1. The maximum atomic E-state index is 12.0. The second-order valence-corrected chi connectivity index (χ2v) is 8.55. The van der Waals surface area contributed by atoms with Gasteiger partial charge in [0.05, 0.1) is 26.9 Å². The summed E-state index contributed by atoms with van der Waals surface area (Å²) in [6, 6.07) is 17.9. The second-order valence-electron chi connectivity index (χ2n) is 7.78. The predicted molar refractivity (Wildman–Crippen MR) is 122 cm³/mol. The molecule has 0 spiro atoms. The molecule has 6 nitrogen and oxygen atoms in total. The smallest absolute Gasteiger partial charge is 0.319 e. The fourth-order valence-electron chi connectivity index (χ4n) is 3.57. The first-order chi connectivity index (χ1) is 15.0. The molecule has 0 aliphatic heterocycles. The number of ether oxygens (including phenoxy) is 1. The van der Waals surface area contributed by atoms with Gasteiger partial charge in [-0.1, -0.05) is 60.1 Å². The number of hydrogen-bond donors (Lipinski definition) is 0. The second kappa shape index (κ2) is 9.77. The van der Waals surface area contributed by atoms with E-state index in [9.17, 15) is 4.79 Å². The maximum Gasteiger partial charge on any atom is 0.319 e. The van der Waals surface area contributed by atoms with E-state index in [4.69, 9.17) is 33.7 Å². The molecule has 0 saturated heterocycles. The van der Waals surface area contributed by atoms with Gasteiger partial charge in [0, 0.05) is 17.5 Å². The van der Waals surface area contributed by atoms with Crippen molar-refractivity contribution >= 4 is 29.8 Å². The van der Waals surface area contributed by atoms with Crippen LogP contribution in [-0.4, -0.2) is 38.9 Å². The molecular weight excluding hydrogens is 432 g/mol. The van der Waals surface area contributed by atoms with Crippen LogP contribution < -0.4 is 0 Å². The van der Waals surface area contributed by atoms with Gasteiger partial charge in [0.1, 0.15) is 5.82 Å². The van der Waals surface area contributed by atoms with Crippen LogP contribution in [0, 0.1) is 4.77 Å². The summed E-state index contributed by atoms with van der Waals surface area (Å²) in [6.45, 7) is 1.67. The van der Waals surface area contributed by atoms with Crippen LogP contribution in [0.15, 0.2) is 54.6 Å². The molecule has 0 radical (unpaired) electrons. The lowest BCUT2D eigenvalue weighted by Crippen LogP contribution is -2.32. The van der Waals surface area contributed by atoms with Crippen molar-refractivity contribution in [3.63, 3.8) is 0 Å². The van der Waals surface area contributed by atoms with Crippen molar-refractivity contribution in [2.75, 3.05) is 13.7 Å².